The highest BCUT2D eigenvalue weighted by Gasteiger charge is 2.41. The summed E-state index contributed by atoms with van der Waals surface area (Å²) in [6, 6.07) is 8.27. The van der Waals surface area contributed by atoms with Gasteiger partial charge in [0, 0.05) is 17.8 Å². The Bertz CT molecular complexity index is 634. The SMILES string of the molecule is C[C@H]1CCCC(C)(C)[C@@H]1C(O)c1ccc2cnccc2c1. The van der Waals surface area contributed by atoms with Crippen LogP contribution >= 0.6 is 0 Å². The minimum atomic E-state index is -0.382. The number of aromatic nitrogens is 1. The van der Waals surface area contributed by atoms with Crippen LogP contribution in [0.5, 0.6) is 0 Å². The van der Waals surface area contributed by atoms with E-state index in [0.717, 1.165) is 16.3 Å². The van der Waals surface area contributed by atoms with E-state index in [2.05, 4.69) is 44.0 Å². The lowest BCUT2D eigenvalue weighted by molar-refractivity contribution is -0.0292. The van der Waals surface area contributed by atoms with Gasteiger partial charge >= 0.3 is 0 Å². The van der Waals surface area contributed by atoms with Gasteiger partial charge in [-0.3, -0.25) is 4.98 Å². The first-order valence-electron chi connectivity index (χ1n) is 8.01. The summed E-state index contributed by atoms with van der Waals surface area (Å²) >= 11 is 0. The molecule has 2 aromatic rings. The van der Waals surface area contributed by atoms with Crippen molar-refractivity contribution < 1.29 is 5.11 Å². The molecule has 1 aliphatic rings. The zero-order valence-corrected chi connectivity index (χ0v) is 13.2. The number of rotatable bonds is 2. The van der Waals surface area contributed by atoms with Crippen LogP contribution < -0.4 is 0 Å². The van der Waals surface area contributed by atoms with E-state index in [1.165, 1.54) is 19.3 Å². The number of benzene rings is 1. The molecule has 2 nitrogen and oxygen atoms in total. The third-order valence-corrected chi connectivity index (χ3v) is 5.34. The largest absolute Gasteiger partial charge is 0.388 e. The van der Waals surface area contributed by atoms with Crippen LogP contribution in [0, 0.1) is 17.3 Å². The molecule has 1 fully saturated rings. The molecular weight excluding hydrogens is 258 g/mol. The van der Waals surface area contributed by atoms with Gasteiger partial charge in [0.15, 0.2) is 0 Å². The summed E-state index contributed by atoms with van der Waals surface area (Å²) in [5.41, 5.74) is 1.24. The molecule has 0 spiro atoms. The highest BCUT2D eigenvalue weighted by atomic mass is 16.3. The van der Waals surface area contributed by atoms with E-state index in [1.54, 1.807) is 0 Å². The summed E-state index contributed by atoms with van der Waals surface area (Å²) in [6.45, 7) is 6.91. The van der Waals surface area contributed by atoms with Gasteiger partial charge in [-0.1, -0.05) is 45.7 Å². The van der Waals surface area contributed by atoms with Gasteiger partial charge in [-0.05, 0) is 46.8 Å². The monoisotopic (exact) mass is 283 g/mol. The highest BCUT2D eigenvalue weighted by Crippen LogP contribution is 2.49. The standard InChI is InChI=1S/C19H25NO/c1-13-5-4-9-19(2,3)17(13)18(21)15-6-7-16-12-20-10-8-14(16)11-15/h6-8,10-13,17-18,21H,4-5,9H2,1-3H3/t13-,17-,18?/m0/s1. The van der Waals surface area contributed by atoms with Gasteiger partial charge < -0.3 is 5.11 Å². The quantitative estimate of drug-likeness (QED) is 0.864. The zero-order chi connectivity index (χ0) is 15.0. The molecule has 1 saturated carbocycles. The number of pyridine rings is 1. The van der Waals surface area contributed by atoms with Gasteiger partial charge in [-0.25, -0.2) is 0 Å². The zero-order valence-electron chi connectivity index (χ0n) is 13.2. The van der Waals surface area contributed by atoms with Crippen LogP contribution in [0.15, 0.2) is 36.7 Å². The lowest BCUT2D eigenvalue weighted by Gasteiger charge is -2.45. The van der Waals surface area contributed by atoms with Crippen molar-refractivity contribution in [3.8, 4) is 0 Å². The summed E-state index contributed by atoms with van der Waals surface area (Å²) in [5, 5.41) is 13.3. The fourth-order valence-corrected chi connectivity index (χ4v) is 4.23. The molecule has 0 aliphatic heterocycles. The lowest BCUT2D eigenvalue weighted by atomic mass is 9.61. The van der Waals surface area contributed by atoms with Crippen molar-refractivity contribution in [3.63, 3.8) is 0 Å². The first kappa shape index (κ1) is 14.5. The van der Waals surface area contributed by atoms with Crippen molar-refractivity contribution >= 4 is 10.8 Å². The van der Waals surface area contributed by atoms with Crippen LogP contribution in [0.25, 0.3) is 10.8 Å². The molecule has 0 amide bonds. The second-order valence-electron chi connectivity index (χ2n) is 7.31. The maximum absolute atomic E-state index is 11.0. The number of aliphatic hydroxyl groups excluding tert-OH is 1. The third kappa shape index (κ3) is 2.69. The van der Waals surface area contributed by atoms with E-state index >= 15 is 0 Å². The number of hydrogen-bond acceptors (Lipinski definition) is 2. The van der Waals surface area contributed by atoms with E-state index in [9.17, 15) is 5.11 Å². The second-order valence-corrected chi connectivity index (χ2v) is 7.31. The second kappa shape index (κ2) is 5.42. The Labute approximate surface area is 127 Å². The van der Waals surface area contributed by atoms with Crippen LogP contribution in [-0.2, 0) is 0 Å². The summed E-state index contributed by atoms with van der Waals surface area (Å²) in [6.07, 6.45) is 7.01. The van der Waals surface area contributed by atoms with Crippen molar-refractivity contribution in [3.05, 3.63) is 42.2 Å². The number of aliphatic hydroxyl groups is 1. The van der Waals surface area contributed by atoms with Crippen LogP contribution in [0.1, 0.15) is 51.7 Å². The molecule has 1 aromatic carbocycles. The average molecular weight is 283 g/mol. The first-order valence-corrected chi connectivity index (χ1v) is 8.01. The molecule has 0 bridgehead atoms. The Morgan fingerprint density at radius 1 is 1.24 bits per heavy atom. The van der Waals surface area contributed by atoms with E-state index in [1.807, 2.05) is 18.5 Å². The molecule has 1 unspecified atom stereocenters. The van der Waals surface area contributed by atoms with E-state index in [-0.39, 0.29) is 11.5 Å². The normalized spacial score (nSPS) is 26.7. The minimum Gasteiger partial charge on any atom is -0.388 e. The van der Waals surface area contributed by atoms with Crippen LogP contribution in [0.4, 0.5) is 0 Å². The van der Waals surface area contributed by atoms with Gasteiger partial charge in [-0.2, -0.15) is 0 Å². The first-order chi connectivity index (χ1) is 9.99. The van der Waals surface area contributed by atoms with Crippen molar-refractivity contribution in [2.75, 3.05) is 0 Å². The molecule has 1 aromatic heterocycles. The van der Waals surface area contributed by atoms with Crippen molar-refractivity contribution in [2.45, 2.75) is 46.1 Å². The summed E-state index contributed by atoms with van der Waals surface area (Å²) < 4.78 is 0. The average Bonchev–Trinajstić information content (AvgIpc) is 2.45. The Morgan fingerprint density at radius 3 is 2.81 bits per heavy atom. The van der Waals surface area contributed by atoms with Crippen molar-refractivity contribution in [2.24, 2.45) is 17.3 Å². The summed E-state index contributed by atoms with van der Waals surface area (Å²) in [5.74, 6) is 0.891. The van der Waals surface area contributed by atoms with Crippen LogP contribution in [-0.4, -0.2) is 10.1 Å². The van der Waals surface area contributed by atoms with Crippen LogP contribution in [0.2, 0.25) is 0 Å². The number of nitrogens with zero attached hydrogens (tertiary/aromatic N) is 1. The molecular formula is C19H25NO. The van der Waals surface area contributed by atoms with Gasteiger partial charge in [0.2, 0.25) is 0 Å². The molecule has 0 saturated heterocycles. The molecule has 21 heavy (non-hydrogen) atoms. The fourth-order valence-electron chi connectivity index (χ4n) is 4.23. The molecule has 1 heterocycles. The van der Waals surface area contributed by atoms with Crippen molar-refractivity contribution in [1.29, 1.82) is 0 Å². The molecule has 3 atom stereocenters. The Hall–Kier alpha value is -1.41. The molecule has 112 valence electrons. The smallest absolute Gasteiger partial charge is 0.0826 e. The van der Waals surface area contributed by atoms with Gasteiger partial charge in [-0.15, -0.1) is 0 Å². The minimum absolute atomic E-state index is 0.199. The molecule has 1 aliphatic carbocycles. The Kier molecular flexibility index (Phi) is 3.75. The van der Waals surface area contributed by atoms with Crippen LogP contribution in [0.3, 0.4) is 0 Å². The molecule has 2 heteroatoms. The van der Waals surface area contributed by atoms with Gasteiger partial charge in [0.05, 0.1) is 6.10 Å². The molecule has 3 rings (SSSR count). The maximum Gasteiger partial charge on any atom is 0.0826 e. The summed E-state index contributed by atoms with van der Waals surface area (Å²) in [7, 11) is 0. The molecule has 1 N–H and O–H groups in total. The Balaban J connectivity index is 1.96. The van der Waals surface area contributed by atoms with E-state index < -0.39 is 0 Å². The Morgan fingerprint density at radius 2 is 2.05 bits per heavy atom. The number of hydrogen-bond donors (Lipinski definition) is 1. The van der Waals surface area contributed by atoms with Gasteiger partial charge in [0.25, 0.3) is 0 Å². The number of fused-ring (bicyclic) bond motifs is 1. The highest BCUT2D eigenvalue weighted by molar-refractivity contribution is 5.82. The predicted molar refractivity (Wildman–Crippen MR) is 87.0 cm³/mol. The van der Waals surface area contributed by atoms with Gasteiger partial charge in [0.1, 0.15) is 0 Å². The predicted octanol–water partition coefficient (Wildman–Crippen LogP) is 4.73. The maximum atomic E-state index is 11.0. The fraction of sp³-hybridized carbons (Fsp3) is 0.526. The lowest BCUT2D eigenvalue weighted by Crippen LogP contribution is -2.37. The summed E-state index contributed by atoms with van der Waals surface area (Å²) in [4.78, 5) is 4.15. The van der Waals surface area contributed by atoms with E-state index in [4.69, 9.17) is 0 Å². The van der Waals surface area contributed by atoms with Crippen molar-refractivity contribution in [1.82, 2.24) is 4.98 Å². The third-order valence-electron chi connectivity index (χ3n) is 5.34. The molecule has 0 radical (unpaired) electrons. The van der Waals surface area contributed by atoms with E-state index in [0.29, 0.717) is 11.8 Å². The topological polar surface area (TPSA) is 33.1 Å².